The molecule has 0 unspecified atom stereocenters. The fraction of sp³-hybridized carbons (Fsp3) is 0.500. The lowest BCUT2D eigenvalue weighted by Gasteiger charge is -2.19. The van der Waals surface area contributed by atoms with Crippen LogP contribution in [0.15, 0.2) is 30.3 Å². The summed E-state index contributed by atoms with van der Waals surface area (Å²) in [5.74, 6) is 6.25. The predicted molar refractivity (Wildman–Crippen MR) is 76.1 cm³/mol. The van der Waals surface area contributed by atoms with Crippen molar-refractivity contribution in [3.63, 3.8) is 0 Å². The SMILES string of the molecule is C[C@H](NCC#CC(C)(C)C)[C@H](O)c1ccccc1. The summed E-state index contributed by atoms with van der Waals surface area (Å²) in [6.45, 7) is 8.82. The molecule has 2 heteroatoms. The minimum Gasteiger partial charge on any atom is -0.387 e. The summed E-state index contributed by atoms with van der Waals surface area (Å²) in [6.07, 6.45) is -0.498. The first-order valence-electron chi connectivity index (χ1n) is 6.36. The van der Waals surface area contributed by atoms with Crippen LogP contribution >= 0.6 is 0 Å². The molecule has 2 atom stereocenters. The molecular weight excluding hydrogens is 222 g/mol. The maximum atomic E-state index is 10.1. The Morgan fingerprint density at radius 1 is 1.22 bits per heavy atom. The molecule has 2 N–H and O–H groups in total. The smallest absolute Gasteiger partial charge is 0.0940 e. The first-order valence-corrected chi connectivity index (χ1v) is 6.36. The fourth-order valence-corrected chi connectivity index (χ4v) is 1.57. The molecule has 0 aliphatic carbocycles. The topological polar surface area (TPSA) is 32.3 Å². The van der Waals surface area contributed by atoms with Crippen molar-refractivity contribution in [2.24, 2.45) is 5.41 Å². The minimum absolute atomic E-state index is 0.0123. The van der Waals surface area contributed by atoms with Crippen molar-refractivity contribution >= 4 is 0 Å². The zero-order valence-corrected chi connectivity index (χ0v) is 11.7. The standard InChI is InChI=1S/C16H23NO/c1-13(17-12-8-11-16(2,3)4)15(18)14-9-6-5-7-10-14/h5-7,9-10,13,15,17-18H,12H2,1-4H3/t13-,15-/m0/s1. The highest BCUT2D eigenvalue weighted by atomic mass is 16.3. The molecule has 0 saturated carbocycles. The molecule has 0 aliphatic heterocycles. The van der Waals surface area contributed by atoms with E-state index >= 15 is 0 Å². The van der Waals surface area contributed by atoms with Crippen LogP contribution in [0.4, 0.5) is 0 Å². The lowest BCUT2D eigenvalue weighted by Crippen LogP contribution is -2.32. The van der Waals surface area contributed by atoms with E-state index in [1.165, 1.54) is 0 Å². The Morgan fingerprint density at radius 2 is 1.83 bits per heavy atom. The summed E-state index contributed by atoms with van der Waals surface area (Å²) >= 11 is 0. The number of hydrogen-bond donors (Lipinski definition) is 2. The number of nitrogens with one attached hydrogen (secondary N) is 1. The van der Waals surface area contributed by atoms with Gasteiger partial charge in [-0.2, -0.15) is 0 Å². The predicted octanol–water partition coefficient (Wildman–Crippen LogP) is 2.75. The van der Waals surface area contributed by atoms with Crippen LogP contribution < -0.4 is 5.32 Å². The van der Waals surface area contributed by atoms with Crippen LogP contribution in [0.5, 0.6) is 0 Å². The largest absolute Gasteiger partial charge is 0.387 e. The van der Waals surface area contributed by atoms with Crippen molar-refractivity contribution in [1.29, 1.82) is 0 Å². The maximum absolute atomic E-state index is 10.1. The van der Waals surface area contributed by atoms with Crippen molar-refractivity contribution in [3.05, 3.63) is 35.9 Å². The monoisotopic (exact) mass is 245 g/mol. The van der Waals surface area contributed by atoms with Gasteiger partial charge in [-0.05, 0) is 33.3 Å². The zero-order valence-electron chi connectivity index (χ0n) is 11.7. The average Bonchev–Trinajstić information content (AvgIpc) is 2.33. The quantitative estimate of drug-likeness (QED) is 0.799. The average molecular weight is 245 g/mol. The Bertz CT molecular complexity index is 408. The van der Waals surface area contributed by atoms with Gasteiger partial charge in [-0.3, -0.25) is 0 Å². The van der Waals surface area contributed by atoms with Crippen LogP contribution in [0.1, 0.15) is 39.4 Å². The van der Waals surface area contributed by atoms with E-state index in [0.29, 0.717) is 6.54 Å². The van der Waals surface area contributed by atoms with E-state index in [9.17, 15) is 5.11 Å². The summed E-state index contributed by atoms with van der Waals surface area (Å²) in [7, 11) is 0. The van der Waals surface area contributed by atoms with Crippen LogP contribution in [0.2, 0.25) is 0 Å². The molecule has 0 radical (unpaired) electrons. The second-order valence-corrected chi connectivity index (χ2v) is 5.58. The molecule has 0 aromatic heterocycles. The summed E-state index contributed by atoms with van der Waals surface area (Å²) < 4.78 is 0. The molecule has 1 aromatic rings. The Balaban J connectivity index is 2.46. The fourth-order valence-electron chi connectivity index (χ4n) is 1.57. The Labute approximate surface area is 110 Å². The van der Waals surface area contributed by atoms with Crippen LogP contribution in [0.3, 0.4) is 0 Å². The molecule has 0 bridgehead atoms. The van der Waals surface area contributed by atoms with E-state index in [0.717, 1.165) is 5.56 Å². The van der Waals surface area contributed by atoms with Gasteiger partial charge in [0.25, 0.3) is 0 Å². The van der Waals surface area contributed by atoms with Gasteiger partial charge in [0, 0.05) is 11.5 Å². The molecule has 0 fully saturated rings. The summed E-state index contributed by atoms with van der Waals surface area (Å²) in [6, 6.07) is 9.67. The number of aliphatic hydroxyl groups excluding tert-OH is 1. The molecule has 0 spiro atoms. The lowest BCUT2D eigenvalue weighted by atomic mass is 9.98. The highest BCUT2D eigenvalue weighted by Gasteiger charge is 2.14. The number of aliphatic hydroxyl groups is 1. The molecule has 0 heterocycles. The zero-order chi connectivity index (χ0) is 13.6. The van der Waals surface area contributed by atoms with Gasteiger partial charge in [0.05, 0.1) is 12.6 Å². The summed E-state index contributed by atoms with van der Waals surface area (Å²) in [5, 5.41) is 13.4. The van der Waals surface area contributed by atoms with Gasteiger partial charge in [-0.15, -0.1) is 0 Å². The first kappa shape index (κ1) is 14.8. The number of rotatable bonds is 4. The van der Waals surface area contributed by atoms with Gasteiger partial charge >= 0.3 is 0 Å². The number of benzene rings is 1. The molecular formula is C16H23NO. The normalized spacial score (nSPS) is 14.5. The van der Waals surface area contributed by atoms with Gasteiger partial charge in [-0.25, -0.2) is 0 Å². The second-order valence-electron chi connectivity index (χ2n) is 5.58. The molecule has 98 valence electrons. The summed E-state index contributed by atoms with van der Waals surface area (Å²) in [4.78, 5) is 0. The maximum Gasteiger partial charge on any atom is 0.0940 e. The van der Waals surface area contributed by atoms with E-state index in [2.05, 4.69) is 37.9 Å². The highest BCUT2D eigenvalue weighted by Crippen LogP contribution is 2.15. The third kappa shape index (κ3) is 5.35. The second kappa shape index (κ2) is 6.58. The Morgan fingerprint density at radius 3 is 2.39 bits per heavy atom. The molecule has 0 amide bonds. The minimum atomic E-state index is -0.498. The van der Waals surface area contributed by atoms with E-state index in [-0.39, 0.29) is 11.5 Å². The van der Waals surface area contributed by atoms with Crippen LogP contribution in [-0.2, 0) is 0 Å². The molecule has 0 saturated heterocycles. The molecule has 18 heavy (non-hydrogen) atoms. The third-order valence-electron chi connectivity index (χ3n) is 2.59. The van der Waals surface area contributed by atoms with E-state index in [1.807, 2.05) is 37.3 Å². The van der Waals surface area contributed by atoms with E-state index in [4.69, 9.17) is 0 Å². The van der Waals surface area contributed by atoms with Gasteiger partial charge in [0.1, 0.15) is 0 Å². The van der Waals surface area contributed by atoms with Gasteiger partial charge < -0.3 is 10.4 Å². The van der Waals surface area contributed by atoms with E-state index < -0.39 is 6.10 Å². The van der Waals surface area contributed by atoms with Gasteiger partial charge in [0.15, 0.2) is 0 Å². The third-order valence-corrected chi connectivity index (χ3v) is 2.59. The van der Waals surface area contributed by atoms with Crippen molar-refractivity contribution in [2.75, 3.05) is 6.54 Å². The van der Waals surface area contributed by atoms with Crippen LogP contribution in [-0.4, -0.2) is 17.7 Å². The summed E-state index contributed by atoms with van der Waals surface area (Å²) in [5.41, 5.74) is 0.962. The van der Waals surface area contributed by atoms with Crippen LogP contribution in [0.25, 0.3) is 0 Å². The van der Waals surface area contributed by atoms with Crippen molar-refractivity contribution in [1.82, 2.24) is 5.32 Å². The van der Waals surface area contributed by atoms with Crippen molar-refractivity contribution in [2.45, 2.75) is 39.8 Å². The van der Waals surface area contributed by atoms with Crippen LogP contribution in [0, 0.1) is 17.3 Å². The molecule has 0 aliphatic rings. The molecule has 1 rings (SSSR count). The lowest BCUT2D eigenvalue weighted by molar-refractivity contribution is 0.138. The Kier molecular flexibility index (Phi) is 5.40. The van der Waals surface area contributed by atoms with Crippen molar-refractivity contribution in [3.8, 4) is 11.8 Å². The highest BCUT2D eigenvalue weighted by molar-refractivity contribution is 5.18. The van der Waals surface area contributed by atoms with Crippen molar-refractivity contribution < 1.29 is 5.11 Å². The molecule has 1 aromatic carbocycles. The van der Waals surface area contributed by atoms with E-state index in [1.54, 1.807) is 0 Å². The van der Waals surface area contributed by atoms with Gasteiger partial charge in [-0.1, -0.05) is 42.2 Å². The first-order chi connectivity index (χ1) is 8.40. The molecule has 2 nitrogen and oxygen atoms in total. The Hall–Kier alpha value is -1.30. The number of hydrogen-bond acceptors (Lipinski definition) is 2. The van der Waals surface area contributed by atoms with Gasteiger partial charge in [0.2, 0.25) is 0 Å².